The number of nitrogens with one attached hydrogen (secondary N) is 3. The van der Waals surface area contributed by atoms with Crippen LogP contribution in [-0.2, 0) is 4.74 Å². The molecule has 3 N–H and O–H groups in total. The van der Waals surface area contributed by atoms with Gasteiger partial charge in [-0.05, 0) is 42.9 Å². The highest BCUT2D eigenvalue weighted by molar-refractivity contribution is 5.85. The molecule has 0 bridgehead atoms. The first-order chi connectivity index (χ1) is 12.2. The van der Waals surface area contributed by atoms with E-state index in [1.165, 1.54) is 12.1 Å². The number of hydrazine groups is 1. The fraction of sp³-hybridized carbons (Fsp3) is 0.611. The number of amides is 2. The van der Waals surface area contributed by atoms with Gasteiger partial charge in [0, 0.05) is 39.3 Å². The number of halogens is 2. The molecule has 2 fully saturated rings. The number of nitrogens with zero attached hydrogens (tertiary/aromatic N) is 1. The molecule has 0 aromatic heterocycles. The van der Waals surface area contributed by atoms with Crippen LogP contribution in [0.3, 0.4) is 0 Å². The van der Waals surface area contributed by atoms with Crippen LogP contribution in [0, 0.1) is 11.7 Å². The summed E-state index contributed by atoms with van der Waals surface area (Å²) in [5, 5.41) is 2.96. The number of urea groups is 1. The first kappa shape index (κ1) is 20.9. The lowest BCUT2D eigenvalue weighted by atomic mass is 9.90. The third-order valence-electron chi connectivity index (χ3n) is 5.15. The number of hydrogen-bond acceptors (Lipinski definition) is 4. The largest absolute Gasteiger partial charge is 0.375 e. The van der Waals surface area contributed by atoms with Crippen molar-refractivity contribution in [2.24, 2.45) is 5.92 Å². The summed E-state index contributed by atoms with van der Waals surface area (Å²) in [6, 6.07) is 6.57. The third kappa shape index (κ3) is 5.30. The summed E-state index contributed by atoms with van der Waals surface area (Å²) >= 11 is 0. The molecule has 1 aromatic rings. The van der Waals surface area contributed by atoms with Crippen molar-refractivity contribution in [2.75, 3.05) is 33.3 Å². The van der Waals surface area contributed by atoms with Gasteiger partial charge < -0.3 is 15.0 Å². The van der Waals surface area contributed by atoms with Gasteiger partial charge in [0.05, 0.1) is 6.10 Å². The standard InChI is InChI=1S/C18H27FN4O2.ClH/c1-25-17(13-4-6-15(19)7-5-13)11-20-18(24)23-10-2-3-14(12-23)16-8-9-21-22-16;/h4-7,14,16-17,21-22H,2-3,8-12H2,1H3,(H,20,24);1H. The Morgan fingerprint density at radius 2 is 2.15 bits per heavy atom. The van der Waals surface area contributed by atoms with Crippen LogP contribution in [0.1, 0.15) is 30.9 Å². The monoisotopic (exact) mass is 386 g/mol. The molecule has 146 valence electrons. The quantitative estimate of drug-likeness (QED) is 0.726. The predicted molar refractivity (Wildman–Crippen MR) is 101 cm³/mol. The second-order valence-corrected chi connectivity index (χ2v) is 6.78. The highest BCUT2D eigenvalue weighted by Gasteiger charge is 2.31. The summed E-state index contributed by atoms with van der Waals surface area (Å²) < 4.78 is 18.5. The van der Waals surface area contributed by atoms with Crippen LogP contribution in [0.2, 0.25) is 0 Å². The molecule has 26 heavy (non-hydrogen) atoms. The van der Waals surface area contributed by atoms with Crippen molar-refractivity contribution < 1.29 is 13.9 Å². The summed E-state index contributed by atoms with van der Waals surface area (Å²) in [6.45, 7) is 2.92. The number of hydrogen-bond donors (Lipinski definition) is 3. The molecule has 2 heterocycles. The lowest BCUT2D eigenvalue weighted by Gasteiger charge is -2.35. The molecule has 0 aliphatic carbocycles. The Morgan fingerprint density at radius 3 is 2.81 bits per heavy atom. The number of carbonyl (C=O) groups excluding carboxylic acids is 1. The molecule has 1 aromatic carbocycles. The Kier molecular flexibility index (Phi) is 8.09. The minimum absolute atomic E-state index is 0. The first-order valence-electron chi connectivity index (χ1n) is 8.97. The molecule has 3 rings (SSSR count). The van der Waals surface area contributed by atoms with E-state index in [0.29, 0.717) is 18.5 Å². The summed E-state index contributed by atoms with van der Waals surface area (Å²) in [6.07, 6.45) is 3.00. The van der Waals surface area contributed by atoms with Crippen molar-refractivity contribution in [3.8, 4) is 0 Å². The number of benzene rings is 1. The summed E-state index contributed by atoms with van der Waals surface area (Å²) in [7, 11) is 1.59. The molecule has 0 radical (unpaired) electrons. The minimum atomic E-state index is -0.286. The maximum Gasteiger partial charge on any atom is 0.317 e. The first-order valence-corrected chi connectivity index (χ1v) is 8.97. The molecular formula is C18H28ClFN4O2. The van der Waals surface area contributed by atoms with Gasteiger partial charge in [0.2, 0.25) is 0 Å². The second kappa shape index (κ2) is 10.1. The van der Waals surface area contributed by atoms with Crippen LogP contribution in [-0.4, -0.2) is 50.3 Å². The zero-order chi connectivity index (χ0) is 17.6. The predicted octanol–water partition coefficient (Wildman–Crippen LogP) is 2.22. The molecule has 0 saturated carbocycles. The van der Waals surface area contributed by atoms with Gasteiger partial charge >= 0.3 is 6.03 Å². The smallest absolute Gasteiger partial charge is 0.317 e. The Labute approximate surface area is 160 Å². The summed E-state index contributed by atoms with van der Waals surface area (Å²) in [5.74, 6) is 0.210. The molecule has 2 saturated heterocycles. The van der Waals surface area contributed by atoms with Gasteiger partial charge in [0.25, 0.3) is 0 Å². The van der Waals surface area contributed by atoms with Crippen LogP contribution in [0.15, 0.2) is 24.3 Å². The van der Waals surface area contributed by atoms with Crippen molar-refractivity contribution in [3.05, 3.63) is 35.6 Å². The van der Waals surface area contributed by atoms with Gasteiger partial charge in [-0.25, -0.2) is 9.18 Å². The average Bonchev–Trinajstić information content (AvgIpc) is 3.18. The van der Waals surface area contributed by atoms with Gasteiger partial charge in [0.1, 0.15) is 5.82 Å². The van der Waals surface area contributed by atoms with Crippen molar-refractivity contribution in [1.29, 1.82) is 0 Å². The molecule has 2 aliphatic rings. The Morgan fingerprint density at radius 1 is 1.38 bits per heavy atom. The van der Waals surface area contributed by atoms with Gasteiger partial charge in [-0.2, -0.15) is 0 Å². The van der Waals surface area contributed by atoms with Crippen LogP contribution in [0.5, 0.6) is 0 Å². The van der Waals surface area contributed by atoms with E-state index >= 15 is 0 Å². The van der Waals surface area contributed by atoms with Crippen LogP contribution >= 0.6 is 12.4 Å². The maximum absolute atomic E-state index is 13.0. The normalized spacial score (nSPS) is 24.0. The van der Waals surface area contributed by atoms with E-state index in [9.17, 15) is 9.18 Å². The average molecular weight is 387 g/mol. The van der Waals surface area contributed by atoms with E-state index in [-0.39, 0.29) is 30.4 Å². The topological polar surface area (TPSA) is 65.6 Å². The fourth-order valence-electron chi connectivity index (χ4n) is 3.69. The molecule has 3 atom stereocenters. The van der Waals surface area contributed by atoms with E-state index in [4.69, 9.17) is 4.74 Å². The van der Waals surface area contributed by atoms with E-state index in [1.807, 2.05) is 4.90 Å². The molecule has 6 nitrogen and oxygen atoms in total. The van der Waals surface area contributed by atoms with Crippen molar-refractivity contribution in [2.45, 2.75) is 31.4 Å². The Bertz CT molecular complexity index is 569. The Hall–Kier alpha value is -1.41. The second-order valence-electron chi connectivity index (χ2n) is 6.78. The maximum atomic E-state index is 13.0. The fourth-order valence-corrected chi connectivity index (χ4v) is 3.69. The number of likely N-dealkylation sites (tertiary alicyclic amines) is 1. The zero-order valence-electron chi connectivity index (χ0n) is 15.0. The number of carbonyl (C=O) groups is 1. The van der Waals surface area contributed by atoms with Crippen LogP contribution in [0.4, 0.5) is 9.18 Å². The van der Waals surface area contributed by atoms with Crippen LogP contribution < -0.4 is 16.2 Å². The molecule has 8 heteroatoms. The molecule has 2 aliphatic heterocycles. The van der Waals surface area contributed by atoms with Crippen molar-refractivity contribution in [3.63, 3.8) is 0 Å². The molecule has 0 spiro atoms. The number of ether oxygens (including phenoxy) is 1. The van der Waals surface area contributed by atoms with E-state index in [2.05, 4.69) is 16.2 Å². The highest BCUT2D eigenvalue weighted by Crippen LogP contribution is 2.23. The zero-order valence-corrected chi connectivity index (χ0v) is 15.9. The lowest BCUT2D eigenvalue weighted by Crippen LogP contribution is -2.50. The van der Waals surface area contributed by atoms with Gasteiger partial charge in [-0.3, -0.25) is 10.9 Å². The van der Waals surface area contributed by atoms with Crippen molar-refractivity contribution >= 4 is 18.4 Å². The van der Waals surface area contributed by atoms with Crippen molar-refractivity contribution in [1.82, 2.24) is 21.1 Å². The van der Waals surface area contributed by atoms with Gasteiger partial charge in [-0.1, -0.05) is 12.1 Å². The minimum Gasteiger partial charge on any atom is -0.375 e. The third-order valence-corrected chi connectivity index (χ3v) is 5.15. The number of methoxy groups -OCH3 is 1. The molecule has 2 amide bonds. The van der Waals surface area contributed by atoms with Gasteiger partial charge in [-0.15, -0.1) is 12.4 Å². The van der Waals surface area contributed by atoms with Gasteiger partial charge in [0.15, 0.2) is 0 Å². The number of piperidine rings is 1. The molecular weight excluding hydrogens is 359 g/mol. The van der Waals surface area contributed by atoms with E-state index < -0.39 is 0 Å². The van der Waals surface area contributed by atoms with Crippen LogP contribution in [0.25, 0.3) is 0 Å². The van der Waals surface area contributed by atoms with E-state index in [0.717, 1.165) is 44.5 Å². The highest BCUT2D eigenvalue weighted by atomic mass is 35.5. The molecule has 3 unspecified atom stereocenters. The SMILES string of the molecule is COC(CNC(=O)N1CCCC(C2CCNN2)C1)c1ccc(F)cc1.Cl. The Balaban J connectivity index is 0.00000243. The van der Waals surface area contributed by atoms with E-state index in [1.54, 1.807) is 19.2 Å². The number of rotatable bonds is 5. The summed E-state index contributed by atoms with van der Waals surface area (Å²) in [4.78, 5) is 14.4. The lowest BCUT2D eigenvalue weighted by molar-refractivity contribution is 0.0984. The summed E-state index contributed by atoms with van der Waals surface area (Å²) in [5.41, 5.74) is 7.33.